The maximum atomic E-state index is 16.1. The number of aryl methyl sites for hydroxylation is 2. The van der Waals surface area contributed by atoms with Crippen LogP contribution in [-0.2, 0) is 41.6 Å². The van der Waals surface area contributed by atoms with Crippen LogP contribution in [0.25, 0.3) is 32.0 Å². The average Bonchev–Trinajstić information content (AvgIpc) is 3.64. The molecule has 4 aliphatic rings. The third kappa shape index (κ3) is 8.47. The van der Waals surface area contributed by atoms with Crippen molar-refractivity contribution in [3.05, 3.63) is 91.7 Å². The van der Waals surface area contributed by atoms with E-state index in [-0.39, 0.29) is 32.0 Å². The number of hydrogen-bond donors (Lipinski definition) is 0. The van der Waals surface area contributed by atoms with E-state index in [0.717, 1.165) is 33.8 Å². The van der Waals surface area contributed by atoms with E-state index in [2.05, 4.69) is 0 Å². The van der Waals surface area contributed by atoms with Crippen LogP contribution in [0.1, 0.15) is 43.1 Å². The molecule has 6 nitrogen and oxygen atoms in total. The number of ether oxygens (including phenoxy) is 6. The second kappa shape index (κ2) is 17.6. The van der Waals surface area contributed by atoms with Gasteiger partial charge in [-0.05, 0) is 61.1 Å². The van der Waals surface area contributed by atoms with E-state index in [4.69, 9.17) is 28.4 Å². The van der Waals surface area contributed by atoms with Crippen molar-refractivity contribution >= 4 is 33.8 Å². The lowest BCUT2D eigenvalue weighted by molar-refractivity contribution is -0.254. The third-order valence-electron chi connectivity index (χ3n) is 9.64. The molecular weight excluding hydrogens is 767 g/mol. The van der Waals surface area contributed by atoms with Crippen molar-refractivity contribution in [3.8, 4) is 20.9 Å². The van der Waals surface area contributed by atoms with Crippen LogP contribution in [0.4, 0.5) is 26.3 Å². The molecule has 8 bridgehead atoms. The number of thiophene rings is 2. The lowest BCUT2D eigenvalue weighted by atomic mass is 9.89. The van der Waals surface area contributed by atoms with Gasteiger partial charge in [0, 0.05) is 41.8 Å². The molecule has 0 amide bonds. The highest BCUT2D eigenvalue weighted by Crippen LogP contribution is 2.67. The van der Waals surface area contributed by atoms with Crippen molar-refractivity contribution in [1.82, 2.24) is 0 Å². The van der Waals surface area contributed by atoms with E-state index in [1.165, 1.54) is 27.7 Å². The molecule has 0 saturated carbocycles. The van der Waals surface area contributed by atoms with Gasteiger partial charge in [-0.3, -0.25) is 0 Å². The molecule has 2 aromatic carbocycles. The highest BCUT2D eigenvalue weighted by Gasteiger charge is 2.80. The van der Waals surface area contributed by atoms with E-state index in [1.807, 2.05) is 24.3 Å². The highest BCUT2D eigenvalue weighted by atomic mass is 32.1. The summed E-state index contributed by atoms with van der Waals surface area (Å²) in [5, 5.41) is 0. The third-order valence-corrected chi connectivity index (χ3v) is 12.2. The normalized spacial score (nSPS) is 20.3. The zero-order valence-electron chi connectivity index (χ0n) is 31.1. The highest BCUT2D eigenvalue weighted by molar-refractivity contribution is 7.16. The van der Waals surface area contributed by atoms with Crippen molar-refractivity contribution in [3.63, 3.8) is 0 Å². The van der Waals surface area contributed by atoms with Gasteiger partial charge in [-0.25, -0.2) is 0 Å². The second-order valence-corrected chi connectivity index (χ2v) is 15.8. The van der Waals surface area contributed by atoms with Crippen LogP contribution in [0.3, 0.4) is 0 Å². The fraction of sp³-hybridized carbons (Fsp3) is 0.463. The first kappa shape index (κ1) is 41.6. The molecule has 14 heteroatoms. The maximum Gasteiger partial charge on any atom is 0.380 e. The molecule has 0 fully saturated rings. The zero-order chi connectivity index (χ0) is 39.4. The minimum atomic E-state index is -5.66. The summed E-state index contributed by atoms with van der Waals surface area (Å²) < 4.78 is 129. The topological polar surface area (TPSA) is 55.4 Å². The van der Waals surface area contributed by atoms with Gasteiger partial charge in [0.15, 0.2) is 0 Å². The van der Waals surface area contributed by atoms with Crippen LogP contribution in [0.2, 0.25) is 0 Å². The first-order valence-electron chi connectivity index (χ1n) is 18.0. The largest absolute Gasteiger partial charge is 0.380 e. The Bertz CT molecular complexity index is 1810. The first-order chi connectivity index (χ1) is 26.3. The first-order valence-corrected chi connectivity index (χ1v) is 19.6. The number of halogens is 6. The fourth-order valence-electron chi connectivity index (χ4n) is 6.87. The van der Waals surface area contributed by atoms with Crippen molar-refractivity contribution in [2.24, 2.45) is 0 Å². The van der Waals surface area contributed by atoms with E-state index in [9.17, 15) is 0 Å². The smallest absolute Gasteiger partial charge is 0.377 e. The van der Waals surface area contributed by atoms with Crippen molar-refractivity contribution in [2.75, 3.05) is 66.1 Å². The number of alkyl halides is 6. The average molecular weight is 811 g/mol. The molecule has 0 radical (unpaired) electrons. The summed E-state index contributed by atoms with van der Waals surface area (Å²) in [4.78, 5) is 1.53. The molecule has 55 heavy (non-hydrogen) atoms. The Morgan fingerprint density at radius 2 is 0.727 bits per heavy atom. The number of fused-ring (bicyclic) bond motifs is 2. The second-order valence-electron chi connectivity index (χ2n) is 13.4. The molecule has 5 heterocycles. The van der Waals surface area contributed by atoms with Crippen molar-refractivity contribution < 1.29 is 54.8 Å². The van der Waals surface area contributed by atoms with Gasteiger partial charge in [0.05, 0.1) is 79.3 Å². The van der Waals surface area contributed by atoms with E-state index < -0.39 is 28.9 Å². The molecule has 298 valence electrons. The van der Waals surface area contributed by atoms with Crippen LogP contribution < -0.4 is 0 Å². The van der Waals surface area contributed by atoms with Gasteiger partial charge >= 0.3 is 17.8 Å². The quantitative estimate of drug-likeness (QED) is 0.165. The van der Waals surface area contributed by atoms with Crippen LogP contribution >= 0.6 is 22.7 Å². The Morgan fingerprint density at radius 3 is 1.04 bits per heavy atom. The molecule has 0 atom stereocenters. The minimum absolute atomic E-state index is 0.230. The molecule has 0 unspecified atom stereocenters. The van der Waals surface area contributed by atoms with Gasteiger partial charge in [-0.1, -0.05) is 48.5 Å². The fourth-order valence-corrected chi connectivity index (χ4v) is 9.21. The lowest BCUT2D eigenvalue weighted by Crippen LogP contribution is -2.49. The van der Waals surface area contributed by atoms with Gasteiger partial charge in [0.2, 0.25) is 0 Å². The summed E-state index contributed by atoms with van der Waals surface area (Å²) >= 11 is 2.21. The Balaban J connectivity index is 1.35. The van der Waals surface area contributed by atoms with Crippen molar-refractivity contribution in [2.45, 2.75) is 58.7 Å². The molecule has 2 aromatic heterocycles. The predicted octanol–water partition coefficient (Wildman–Crippen LogP) is 10.3. The van der Waals surface area contributed by atoms with Crippen LogP contribution in [0.5, 0.6) is 0 Å². The molecule has 4 aromatic rings. The van der Waals surface area contributed by atoms with E-state index >= 15 is 26.3 Å². The maximum absolute atomic E-state index is 16.1. The molecular formula is C41H44F6O6S2. The summed E-state index contributed by atoms with van der Waals surface area (Å²) in [6, 6.07) is 14.4. The number of benzene rings is 2. The Hall–Kier alpha value is -3.08. The number of allylic oxidation sites excluding steroid dienone is 2. The lowest BCUT2D eigenvalue weighted by Gasteiger charge is -2.26. The number of rotatable bonds is 0. The Kier molecular flexibility index (Phi) is 13.3. The molecule has 0 N–H and O–H groups in total. The molecule has 0 saturated heterocycles. The molecule has 8 rings (SSSR count). The van der Waals surface area contributed by atoms with Gasteiger partial charge in [-0.15, -0.1) is 22.7 Å². The SMILES string of the molecule is Cc1sc2c(C)c1C1=C(c3c(C)sc(c3C)-c3ccc(cc3)COCCOCCOCCOCCOCCOCc3ccc-2cc3)C(F)(F)C(F)(F)C1(F)F. The summed E-state index contributed by atoms with van der Waals surface area (Å²) in [6.07, 6.45) is 0. The van der Waals surface area contributed by atoms with Crippen molar-refractivity contribution in [1.29, 1.82) is 0 Å². The molecule has 0 spiro atoms. The van der Waals surface area contributed by atoms with Gasteiger partial charge in [0.25, 0.3) is 0 Å². The summed E-state index contributed by atoms with van der Waals surface area (Å²) in [7, 11) is 0. The Labute approximate surface area is 325 Å². The van der Waals surface area contributed by atoms with E-state index in [1.54, 1.807) is 24.3 Å². The van der Waals surface area contributed by atoms with Gasteiger partial charge in [0.1, 0.15) is 0 Å². The van der Waals surface area contributed by atoms with Crippen LogP contribution in [-0.4, -0.2) is 83.8 Å². The Morgan fingerprint density at radius 1 is 0.436 bits per heavy atom. The van der Waals surface area contributed by atoms with Gasteiger partial charge in [-0.2, -0.15) is 26.3 Å². The summed E-state index contributed by atoms with van der Waals surface area (Å²) in [5.74, 6) is -16.0. The van der Waals surface area contributed by atoms with Crippen LogP contribution in [0.15, 0.2) is 48.5 Å². The zero-order valence-corrected chi connectivity index (χ0v) is 32.8. The van der Waals surface area contributed by atoms with Gasteiger partial charge < -0.3 is 28.4 Å². The monoisotopic (exact) mass is 810 g/mol. The molecule has 1 aliphatic carbocycles. The number of hydrogen-bond acceptors (Lipinski definition) is 8. The predicted molar refractivity (Wildman–Crippen MR) is 203 cm³/mol. The minimum Gasteiger partial charge on any atom is -0.377 e. The molecule has 3 aliphatic heterocycles. The summed E-state index contributed by atoms with van der Waals surface area (Å²) in [5.41, 5.74) is 0.223. The van der Waals surface area contributed by atoms with E-state index in [0.29, 0.717) is 100 Å². The standard InChI is InChI=1S/C41H44F6O6S2/c1-25-33-27(3)54-37(25)31-9-5-29(6-10-31)23-52-21-19-50-17-15-48-13-14-49-16-18-51-20-22-53-24-30-7-11-32(12-8-30)38-26(2)34(28(4)55-38)36-35(33)39(42,43)41(46,47)40(36,44)45/h5-12H,13-24H2,1-4H3. The summed E-state index contributed by atoms with van der Waals surface area (Å²) in [6.45, 7) is 10.6. The van der Waals surface area contributed by atoms with Crippen LogP contribution in [0, 0.1) is 27.7 Å².